The molecule has 3 rings (SSSR count). The zero-order valence-electron chi connectivity index (χ0n) is 14.1. The normalized spacial score (nSPS) is 18.6. The zero-order chi connectivity index (χ0) is 16.8. The second-order valence-electron chi connectivity index (χ2n) is 6.33. The Labute approximate surface area is 148 Å². The molecular formula is C18H25N3O2S. The van der Waals surface area contributed by atoms with E-state index in [4.69, 9.17) is 21.7 Å². The van der Waals surface area contributed by atoms with E-state index in [1.807, 2.05) is 25.1 Å². The van der Waals surface area contributed by atoms with Gasteiger partial charge in [-0.25, -0.2) is 0 Å². The van der Waals surface area contributed by atoms with E-state index in [-0.39, 0.29) is 0 Å². The highest BCUT2D eigenvalue weighted by Crippen LogP contribution is 2.30. The molecule has 1 aliphatic carbocycles. The molecule has 1 heterocycles. The quantitative estimate of drug-likeness (QED) is 0.499. The van der Waals surface area contributed by atoms with E-state index < -0.39 is 0 Å². The van der Waals surface area contributed by atoms with Crippen LogP contribution in [0.3, 0.4) is 0 Å². The SMILES string of the molecule is C/C(=N/NC(=S)NC1CCCCC1)c1ccc2c(c1)OCCCO2. The highest BCUT2D eigenvalue weighted by Gasteiger charge is 2.14. The molecule has 1 aliphatic heterocycles. The molecule has 2 N–H and O–H groups in total. The average Bonchev–Trinajstić information content (AvgIpc) is 2.85. The van der Waals surface area contributed by atoms with Crippen LogP contribution in [0.4, 0.5) is 0 Å². The number of nitrogens with one attached hydrogen (secondary N) is 2. The van der Waals surface area contributed by atoms with Crippen molar-refractivity contribution in [3.05, 3.63) is 23.8 Å². The van der Waals surface area contributed by atoms with Crippen LogP contribution in [0.1, 0.15) is 51.0 Å². The molecule has 1 aromatic carbocycles. The standard InChI is InChI=1S/C18H25N3O2S/c1-13(20-21-18(24)19-15-6-3-2-4-7-15)14-8-9-16-17(12-14)23-11-5-10-22-16/h8-9,12,15H,2-7,10-11H2,1H3,(H2,19,21,24)/b20-13-. The molecule has 5 nitrogen and oxygen atoms in total. The second-order valence-corrected chi connectivity index (χ2v) is 6.74. The molecule has 130 valence electrons. The summed E-state index contributed by atoms with van der Waals surface area (Å²) in [6.45, 7) is 3.33. The summed E-state index contributed by atoms with van der Waals surface area (Å²) in [5, 5.41) is 8.34. The van der Waals surface area contributed by atoms with E-state index >= 15 is 0 Å². The molecule has 1 fully saturated rings. The molecule has 2 aliphatic rings. The average molecular weight is 347 g/mol. The van der Waals surface area contributed by atoms with E-state index in [2.05, 4.69) is 15.8 Å². The fourth-order valence-electron chi connectivity index (χ4n) is 3.05. The Kier molecular flexibility index (Phi) is 5.91. The Balaban J connectivity index is 1.58. The van der Waals surface area contributed by atoms with Crippen molar-refractivity contribution in [1.82, 2.24) is 10.7 Å². The van der Waals surface area contributed by atoms with Crippen molar-refractivity contribution in [3.8, 4) is 11.5 Å². The predicted octanol–water partition coefficient (Wildman–Crippen LogP) is 3.37. The second kappa shape index (κ2) is 8.33. The molecule has 1 saturated carbocycles. The smallest absolute Gasteiger partial charge is 0.187 e. The van der Waals surface area contributed by atoms with Crippen LogP contribution in [0.5, 0.6) is 11.5 Å². The van der Waals surface area contributed by atoms with Crippen molar-refractivity contribution in [2.45, 2.75) is 51.5 Å². The molecule has 1 aromatic rings. The molecule has 0 spiro atoms. The third kappa shape index (κ3) is 4.60. The third-order valence-corrected chi connectivity index (χ3v) is 4.64. The van der Waals surface area contributed by atoms with Crippen molar-refractivity contribution >= 4 is 23.0 Å². The van der Waals surface area contributed by atoms with E-state index in [9.17, 15) is 0 Å². The highest BCUT2D eigenvalue weighted by atomic mass is 32.1. The van der Waals surface area contributed by atoms with Crippen LogP contribution in [-0.4, -0.2) is 30.1 Å². The van der Waals surface area contributed by atoms with Gasteiger partial charge in [0.05, 0.1) is 18.9 Å². The third-order valence-electron chi connectivity index (χ3n) is 4.43. The molecule has 0 saturated heterocycles. The van der Waals surface area contributed by atoms with Gasteiger partial charge in [0.2, 0.25) is 0 Å². The minimum absolute atomic E-state index is 0.479. The number of fused-ring (bicyclic) bond motifs is 1. The van der Waals surface area contributed by atoms with Gasteiger partial charge in [0.1, 0.15) is 0 Å². The number of hydrazone groups is 1. The minimum Gasteiger partial charge on any atom is -0.490 e. The van der Waals surface area contributed by atoms with E-state index in [0.717, 1.165) is 29.2 Å². The van der Waals surface area contributed by atoms with Gasteiger partial charge in [-0.2, -0.15) is 5.10 Å². The van der Waals surface area contributed by atoms with Crippen LogP contribution >= 0.6 is 12.2 Å². The molecule has 0 amide bonds. The molecule has 0 atom stereocenters. The van der Waals surface area contributed by atoms with E-state index in [1.54, 1.807) is 0 Å². The maximum Gasteiger partial charge on any atom is 0.187 e. The van der Waals surface area contributed by atoms with Gasteiger partial charge in [0.15, 0.2) is 16.6 Å². The minimum atomic E-state index is 0.479. The number of ether oxygens (including phenoxy) is 2. The first-order chi connectivity index (χ1) is 11.7. The molecule has 0 unspecified atom stereocenters. The number of hydrogen-bond acceptors (Lipinski definition) is 4. The van der Waals surface area contributed by atoms with Gasteiger partial charge < -0.3 is 14.8 Å². The lowest BCUT2D eigenvalue weighted by atomic mass is 9.96. The van der Waals surface area contributed by atoms with Gasteiger partial charge in [-0.1, -0.05) is 19.3 Å². The Bertz CT molecular complexity index is 612. The first-order valence-electron chi connectivity index (χ1n) is 8.73. The Morgan fingerprint density at radius 2 is 1.83 bits per heavy atom. The molecular weight excluding hydrogens is 322 g/mol. The molecule has 0 aromatic heterocycles. The molecule has 0 radical (unpaired) electrons. The van der Waals surface area contributed by atoms with Crippen molar-refractivity contribution in [2.75, 3.05) is 13.2 Å². The number of hydrogen-bond donors (Lipinski definition) is 2. The molecule has 6 heteroatoms. The van der Waals surface area contributed by atoms with Gasteiger partial charge in [0.25, 0.3) is 0 Å². The van der Waals surface area contributed by atoms with Crippen LogP contribution in [0.25, 0.3) is 0 Å². The summed E-state index contributed by atoms with van der Waals surface area (Å²) in [5.74, 6) is 1.58. The van der Waals surface area contributed by atoms with Crippen molar-refractivity contribution in [2.24, 2.45) is 5.10 Å². The van der Waals surface area contributed by atoms with E-state index in [1.165, 1.54) is 32.1 Å². The van der Waals surface area contributed by atoms with E-state index in [0.29, 0.717) is 24.4 Å². The summed E-state index contributed by atoms with van der Waals surface area (Å²) in [6.07, 6.45) is 7.17. The fraction of sp³-hybridized carbons (Fsp3) is 0.556. The van der Waals surface area contributed by atoms with Crippen LogP contribution in [0, 0.1) is 0 Å². The Hall–Kier alpha value is -1.82. The Morgan fingerprint density at radius 3 is 2.62 bits per heavy atom. The zero-order valence-corrected chi connectivity index (χ0v) is 15.0. The summed E-state index contributed by atoms with van der Waals surface area (Å²) in [4.78, 5) is 0. The maximum absolute atomic E-state index is 5.73. The lowest BCUT2D eigenvalue weighted by Crippen LogP contribution is -2.41. The topological polar surface area (TPSA) is 54.9 Å². The first kappa shape index (κ1) is 17.0. The maximum atomic E-state index is 5.73. The van der Waals surface area contributed by atoms with Crippen LogP contribution in [-0.2, 0) is 0 Å². The van der Waals surface area contributed by atoms with Crippen LogP contribution in [0.15, 0.2) is 23.3 Å². The van der Waals surface area contributed by atoms with Crippen molar-refractivity contribution in [3.63, 3.8) is 0 Å². The lowest BCUT2D eigenvalue weighted by Gasteiger charge is -2.23. The largest absolute Gasteiger partial charge is 0.490 e. The number of benzene rings is 1. The van der Waals surface area contributed by atoms with Crippen LogP contribution < -0.4 is 20.2 Å². The fourth-order valence-corrected chi connectivity index (χ4v) is 3.26. The van der Waals surface area contributed by atoms with Gasteiger partial charge >= 0.3 is 0 Å². The monoisotopic (exact) mass is 347 g/mol. The summed E-state index contributed by atoms with van der Waals surface area (Å²) >= 11 is 5.34. The number of nitrogens with zero attached hydrogens (tertiary/aromatic N) is 1. The summed E-state index contributed by atoms with van der Waals surface area (Å²) in [7, 11) is 0. The van der Waals surface area contributed by atoms with Crippen molar-refractivity contribution in [1.29, 1.82) is 0 Å². The summed E-state index contributed by atoms with van der Waals surface area (Å²) in [6, 6.07) is 6.38. The van der Waals surface area contributed by atoms with Gasteiger partial charge in [-0.15, -0.1) is 0 Å². The summed E-state index contributed by atoms with van der Waals surface area (Å²) in [5.41, 5.74) is 4.81. The molecule has 24 heavy (non-hydrogen) atoms. The van der Waals surface area contributed by atoms with Crippen LogP contribution in [0.2, 0.25) is 0 Å². The predicted molar refractivity (Wildman–Crippen MR) is 100 cm³/mol. The van der Waals surface area contributed by atoms with Gasteiger partial charge in [-0.05, 0) is 50.2 Å². The lowest BCUT2D eigenvalue weighted by molar-refractivity contribution is 0.297. The van der Waals surface area contributed by atoms with Crippen molar-refractivity contribution < 1.29 is 9.47 Å². The summed E-state index contributed by atoms with van der Waals surface area (Å²) < 4.78 is 11.4. The van der Waals surface area contributed by atoms with Gasteiger partial charge in [-0.3, -0.25) is 5.43 Å². The number of rotatable bonds is 3. The first-order valence-corrected chi connectivity index (χ1v) is 9.14. The Morgan fingerprint density at radius 1 is 1.08 bits per heavy atom. The number of thiocarbonyl (C=S) groups is 1. The highest BCUT2D eigenvalue weighted by molar-refractivity contribution is 7.80. The molecule has 0 bridgehead atoms. The van der Waals surface area contributed by atoms with Gasteiger partial charge in [0, 0.05) is 18.0 Å².